The number of rotatable bonds is 2. The Balaban J connectivity index is 1.59. The summed E-state index contributed by atoms with van der Waals surface area (Å²) in [6, 6.07) is 8.20. The zero-order chi connectivity index (χ0) is 21.1. The highest BCUT2D eigenvalue weighted by atomic mass is 16.5. The molecule has 0 aromatic heterocycles. The number of aliphatic hydroxyl groups is 1. The van der Waals surface area contributed by atoms with Gasteiger partial charge in [0.25, 0.3) is 0 Å². The van der Waals surface area contributed by atoms with Gasteiger partial charge in [-0.25, -0.2) is 0 Å². The average molecular weight is 403 g/mol. The van der Waals surface area contributed by atoms with Crippen LogP contribution in [0.15, 0.2) is 47.1 Å². The first kappa shape index (κ1) is 19.6. The summed E-state index contributed by atoms with van der Waals surface area (Å²) in [7, 11) is 1.67. The quantitative estimate of drug-likeness (QED) is 0.712. The molecule has 1 N–H and O–H groups in total. The van der Waals surface area contributed by atoms with Gasteiger partial charge in [-0.1, -0.05) is 30.6 Å². The molecule has 2 saturated carbocycles. The molecule has 0 aliphatic heterocycles. The predicted molar refractivity (Wildman–Crippen MR) is 117 cm³/mol. The summed E-state index contributed by atoms with van der Waals surface area (Å²) in [6.45, 7) is 2.21. The second-order valence-electron chi connectivity index (χ2n) is 9.82. The van der Waals surface area contributed by atoms with Gasteiger partial charge in [0.15, 0.2) is 5.78 Å². The van der Waals surface area contributed by atoms with Crippen LogP contribution < -0.4 is 4.74 Å². The first-order valence-electron chi connectivity index (χ1n) is 11.2. The van der Waals surface area contributed by atoms with Gasteiger partial charge in [0.2, 0.25) is 0 Å². The molecule has 0 radical (unpaired) electrons. The van der Waals surface area contributed by atoms with Crippen molar-refractivity contribution >= 4 is 5.78 Å². The second kappa shape index (κ2) is 6.86. The molecule has 156 valence electrons. The highest BCUT2D eigenvalue weighted by Crippen LogP contribution is 2.64. The molecular formula is C27H30O3. The van der Waals surface area contributed by atoms with Crippen molar-refractivity contribution in [3.05, 3.63) is 52.6 Å². The van der Waals surface area contributed by atoms with E-state index in [0.29, 0.717) is 24.7 Å². The van der Waals surface area contributed by atoms with Crippen molar-refractivity contribution < 1.29 is 14.6 Å². The van der Waals surface area contributed by atoms with Crippen LogP contribution in [0, 0.1) is 29.6 Å². The molecule has 3 nitrogen and oxygen atoms in total. The van der Waals surface area contributed by atoms with E-state index in [9.17, 15) is 9.90 Å². The number of carbonyl (C=O) groups is 1. The first-order chi connectivity index (χ1) is 14.4. The molecule has 0 spiro atoms. The Bertz CT molecular complexity index is 992. The number of hydrogen-bond acceptors (Lipinski definition) is 3. The van der Waals surface area contributed by atoms with Crippen molar-refractivity contribution in [2.24, 2.45) is 17.3 Å². The molecule has 0 unspecified atom stereocenters. The molecular weight excluding hydrogens is 372 g/mol. The number of methoxy groups -OCH3 is 1. The van der Waals surface area contributed by atoms with Gasteiger partial charge >= 0.3 is 0 Å². The van der Waals surface area contributed by atoms with Crippen LogP contribution in [0.25, 0.3) is 0 Å². The van der Waals surface area contributed by atoms with E-state index in [1.807, 2.05) is 18.2 Å². The summed E-state index contributed by atoms with van der Waals surface area (Å²) in [4.78, 5) is 12.6. The molecule has 1 aromatic rings. The van der Waals surface area contributed by atoms with Crippen molar-refractivity contribution in [2.45, 2.75) is 63.4 Å². The highest BCUT2D eigenvalue weighted by Gasteiger charge is 2.60. The third-order valence-corrected chi connectivity index (χ3v) is 8.69. The number of carbonyl (C=O) groups excluding carboxylic acids is 1. The maximum atomic E-state index is 12.6. The number of terminal acetylenes is 1. The van der Waals surface area contributed by atoms with Crippen LogP contribution in [-0.4, -0.2) is 23.6 Å². The monoisotopic (exact) mass is 402 g/mol. The topological polar surface area (TPSA) is 46.5 Å². The summed E-state index contributed by atoms with van der Waals surface area (Å²) in [5, 5.41) is 11.2. The number of fused-ring (bicyclic) bond motifs is 4. The lowest BCUT2D eigenvalue weighted by Gasteiger charge is -2.51. The van der Waals surface area contributed by atoms with E-state index >= 15 is 0 Å². The third-order valence-electron chi connectivity index (χ3n) is 8.69. The third kappa shape index (κ3) is 2.66. The lowest BCUT2D eigenvalue weighted by atomic mass is 9.54. The van der Waals surface area contributed by atoms with E-state index in [1.54, 1.807) is 7.11 Å². The lowest BCUT2D eigenvalue weighted by molar-refractivity contribution is -0.115. The molecule has 0 heterocycles. The second-order valence-corrected chi connectivity index (χ2v) is 9.82. The van der Waals surface area contributed by atoms with E-state index in [2.05, 4.69) is 25.0 Å². The van der Waals surface area contributed by atoms with Crippen LogP contribution in [0.3, 0.4) is 0 Å². The van der Waals surface area contributed by atoms with E-state index in [-0.39, 0.29) is 17.1 Å². The number of ketones is 1. The minimum absolute atomic E-state index is 0.124. The summed E-state index contributed by atoms with van der Waals surface area (Å²) in [6.07, 6.45) is 13.8. The van der Waals surface area contributed by atoms with E-state index < -0.39 is 5.60 Å². The highest BCUT2D eigenvalue weighted by molar-refractivity contribution is 5.94. The van der Waals surface area contributed by atoms with Crippen LogP contribution in [0.5, 0.6) is 5.75 Å². The Morgan fingerprint density at radius 1 is 1.17 bits per heavy atom. The minimum atomic E-state index is -0.984. The van der Waals surface area contributed by atoms with Gasteiger partial charge in [-0.15, -0.1) is 6.42 Å². The molecule has 3 heteroatoms. The average Bonchev–Trinajstić information content (AvgIpc) is 3.04. The Labute approximate surface area is 179 Å². The number of ether oxygens (including phenoxy) is 1. The molecule has 0 bridgehead atoms. The molecule has 0 saturated heterocycles. The molecule has 1 aromatic carbocycles. The van der Waals surface area contributed by atoms with Crippen molar-refractivity contribution in [2.75, 3.05) is 7.11 Å². The van der Waals surface area contributed by atoms with Crippen LogP contribution in [0.2, 0.25) is 0 Å². The number of benzene rings is 1. The van der Waals surface area contributed by atoms with Crippen LogP contribution >= 0.6 is 0 Å². The molecule has 4 aliphatic rings. The Morgan fingerprint density at radius 2 is 1.93 bits per heavy atom. The summed E-state index contributed by atoms with van der Waals surface area (Å²) < 4.78 is 5.33. The van der Waals surface area contributed by atoms with E-state index in [1.165, 1.54) is 22.3 Å². The predicted octanol–water partition coefficient (Wildman–Crippen LogP) is 4.96. The van der Waals surface area contributed by atoms with Gasteiger partial charge in [-0.2, -0.15) is 0 Å². The Hall–Kier alpha value is -2.31. The van der Waals surface area contributed by atoms with Crippen molar-refractivity contribution in [1.29, 1.82) is 0 Å². The van der Waals surface area contributed by atoms with Gasteiger partial charge in [-0.3, -0.25) is 4.79 Å². The maximum absolute atomic E-state index is 12.6. The summed E-state index contributed by atoms with van der Waals surface area (Å²) in [5.41, 5.74) is 4.18. The van der Waals surface area contributed by atoms with Crippen molar-refractivity contribution in [3.63, 3.8) is 0 Å². The molecule has 4 aliphatic carbocycles. The Kier molecular flexibility index (Phi) is 4.49. The number of allylic oxidation sites excluding steroid dienone is 4. The first-order valence-corrected chi connectivity index (χ1v) is 11.2. The van der Waals surface area contributed by atoms with Crippen LogP contribution in [0.4, 0.5) is 0 Å². The molecule has 0 amide bonds. The summed E-state index contributed by atoms with van der Waals surface area (Å²) >= 11 is 0. The van der Waals surface area contributed by atoms with Gasteiger partial charge in [0, 0.05) is 17.8 Å². The number of hydrogen-bond donors (Lipinski definition) is 1. The fourth-order valence-corrected chi connectivity index (χ4v) is 7.01. The zero-order valence-corrected chi connectivity index (χ0v) is 17.9. The van der Waals surface area contributed by atoms with Crippen molar-refractivity contribution in [3.8, 4) is 18.1 Å². The zero-order valence-electron chi connectivity index (χ0n) is 17.9. The van der Waals surface area contributed by atoms with E-state index in [4.69, 9.17) is 11.2 Å². The maximum Gasteiger partial charge on any atom is 0.156 e. The molecule has 30 heavy (non-hydrogen) atoms. The molecule has 5 rings (SSSR count). The van der Waals surface area contributed by atoms with Crippen LogP contribution in [-0.2, 0) is 4.79 Å². The van der Waals surface area contributed by atoms with Crippen LogP contribution in [0.1, 0.15) is 63.4 Å². The van der Waals surface area contributed by atoms with E-state index in [0.717, 1.165) is 37.9 Å². The fourth-order valence-electron chi connectivity index (χ4n) is 7.01. The molecule has 5 atom stereocenters. The minimum Gasteiger partial charge on any atom is -0.497 e. The van der Waals surface area contributed by atoms with Crippen molar-refractivity contribution in [1.82, 2.24) is 0 Å². The largest absolute Gasteiger partial charge is 0.497 e. The smallest absolute Gasteiger partial charge is 0.156 e. The fraction of sp³-hybridized carbons (Fsp3) is 0.519. The standard InChI is InChI=1S/C27H30O3/c1-4-27(29)14-12-24-21-10-7-18-15-19(28)16-23(17-5-8-20(30-3)9-6-17)25(18)22(21)11-13-26(24,27)2/h1,5-6,8-9,15,21,23-24,29H,7,10-14,16H2,2-3H3/t21-,23+,24+,26+,27+/m1/s1. The normalized spacial score (nSPS) is 37.6. The SMILES string of the molecule is C#C[C@]1(O)CC[C@H]2[C@@H]3CCC4=CC(=O)C[C@@H](c5ccc(OC)cc5)C4=C3CC[C@@]21C. The van der Waals surface area contributed by atoms with Gasteiger partial charge in [0.1, 0.15) is 11.4 Å². The Morgan fingerprint density at radius 3 is 2.63 bits per heavy atom. The lowest BCUT2D eigenvalue weighted by Crippen LogP contribution is -2.49. The molecule has 2 fully saturated rings. The van der Waals surface area contributed by atoms with Gasteiger partial charge in [0.05, 0.1) is 7.11 Å². The van der Waals surface area contributed by atoms with Gasteiger partial charge in [-0.05, 0) is 85.3 Å². The van der Waals surface area contributed by atoms with Gasteiger partial charge < -0.3 is 9.84 Å². The summed E-state index contributed by atoms with van der Waals surface area (Å²) in [5.74, 6) is 4.84.